The molecule has 28 heavy (non-hydrogen) atoms. The molecule has 1 saturated heterocycles. The Morgan fingerprint density at radius 3 is 2.32 bits per heavy atom. The predicted octanol–water partition coefficient (Wildman–Crippen LogP) is 1.83. The minimum Gasteiger partial charge on any atom is -0.455 e. The third-order valence-corrected chi connectivity index (χ3v) is 4.72. The third-order valence-electron chi connectivity index (χ3n) is 4.72. The number of esters is 1. The van der Waals surface area contributed by atoms with E-state index in [1.165, 1.54) is 0 Å². The number of hydrogen-bond acceptors (Lipinski definition) is 6. The highest BCUT2D eigenvalue weighted by atomic mass is 16.5. The molecular weight excluding hydrogens is 358 g/mol. The lowest BCUT2D eigenvalue weighted by atomic mass is 9.97. The van der Waals surface area contributed by atoms with Crippen LogP contribution < -0.4 is 10.2 Å². The van der Waals surface area contributed by atoms with Crippen molar-refractivity contribution in [3.8, 4) is 0 Å². The summed E-state index contributed by atoms with van der Waals surface area (Å²) in [4.78, 5) is 28.4. The van der Waals surface area contributed by atoms with Gasteiger partial charge in [0, 0.05) is 39.4 Å². The van der Waals surface area contributed by atoms with Crippen LogP contribution in [0.1, 0.15) is 32.4 Å². The average molecular weight is 392 g/mol. The first kappa shape index (κ1) is 22.2. The summed E-state index contributed by atoms with van der Waals surface area (Å²) in [5.41, 5.74) is 1.65. The lowest BCUT2D eigenvalue weighted by Crippen LogP contribution is -2.44. The Morgan fingerprint density at radius 2 is 1.79 bits per heavy atom. The zero-order chi connectivity index (χ0) is 20.7. The van der Waals surface area contributed by atoms with Crippen molar-refractivity contribution in [2.24, 2.45) is 5.41 Å². The summed E-state index contributed by atoms with van der Waals surface area (Å²) in [6.07, 6.45) is 0. The van der Waals surface area contributed by atoms with Crippen LogP contribution in [0.25, 0.3) is 0 Å². The molecule has 1 amide bonds. The van der Waals surface area contributed by atoms with Gasteiger partial charge in [-0.05, 0) is 38.5 Å². The van der Waals surface area contributed by atoms with Crippen LogP contribution in [0, 0.1) is 5.41 Å². The number of morpholine rings is 1. The van der Waals surface area contributed by atoms with Gasteiger partial charge in [-0.15, -0.1) is 0 Å². The van der Waals surface area contributed by atoms with E-state index in [1.807, 2.05) is 14.1 Å². The van der Waals surface area contributed by atoms with Crippen molar-refractivity contribution < 1.29 is 19.1 Å². The van der Waals surface area contributed by atoms with Gasteiger partial charge in [-0.1, -0.05) is 12.1 Å². The van der Waals surface area contributed by atoms with E-state index in [1.54, 1.807) is 20.8 Å². The molecule has 1 aliphatic rings. The van der Waals surface area contributed by atoms with E-state index in [9.17, 15) is 9.59 Å². The number of ether oxygens (including phenoxy) is 2. The molecule has 7 nitrogen and oxygen atoms in total. The van der Waals surface area contributed by atoms with Crippen LogP contribution in [0.2, 0.25) is 0 Å². The Hall–Kier alpha value is -2.12. The summed E-state index contributed by atoms with van der Waals surface area (Å²) in [5, 5.41) is 2.91. The Morgan fingerprint density at radius 1 is 1.18 bits per heavy atom. The van der Waals surface area contributed by atoms with E-state index < -0.39 is 5.41 Å². The lowest BCUT2D eigenvalue weighted by Gasteiger charge is -2.35. The average Bonchev–Trinajstić information content (AvgIpc) is 2.66. The summed E-state index contributed by atoms with van der Waals surface area (Å²) < 4.78 is 10.6. The second kappa shape index (κ2) is 9.89. The summed E-state index contributed by atoms with van der Waals surface area (Å²) in [6.45, 7) is 8.48. The predicted molar refractivity (Wildman–Crippen MR) is 109 cm³/mol. The van der Waals surface area contributed by atoms with Crippen LogP contribution in [-0.2, 0) is 19.1 Å². The fourth-order valence-corrected chi connectivity index (χ4v) is 2.95. The molecular formula is C21H33N3O4. The minimum absolute atomic E-state index is 0.0439. The number of benzene rings is 1. The standard InChI is InChI=1S/C21H33N3O4/c1-21(2,3)20(26)28-15-19(25)22-14-18(24-10-12-27-13-11-24)16-6-8-17(9-7-16)23(4)5/h6-9,18H,10-15H2,1-5H3,(H,22,25). The van der Waals surface area contributed by atoms with Crippen LogP contribution >= 0.6 is 0 Å². The van der Waals surface area contributed by atoms with Gasteiger partial charge in [-0.3, -0.25) is 14.5 Å². The number of rotatable bonds is 7. The quantitative estimate of drug-likeness (QED) is 0.715. The maximum Gasteiger partial charge on any atom is 0.311 e. The van der Waals surface area contributed by atoms with E-state index >= 15 is 0 Å². The Bertz CT molecular complexity index is 647. The van der Waals surface area contributed by atoms with Crippen molar-refractivity contribution in [2.45, 2.75) is 26.8 Å². The van der Waals surface area contributed by atoms with Crippen LogP contribution in [-0.4, -0.2) is 70.3 Å². The molecule has 0 radical (unpaired) electrons. The maximum absolute atomic E-state index is 12.2. The molecule has 1 N–H and O–H groups in total. The van der Waals surface area contributed by atoms with Crippen molar-refractivity contribution in [1.82, 2.24) is 10.2 Å². The second-order valence-corrected chi connectivity index (χ2v) is 8.28. The van der Waals surface area contributed by atoms with Crippen molar-refractivity contribution in [1.29, 1.82) is 0 Å². The highest BCUT2D eigenvalue weighted by molar-refractivity contribution is 5.82. The molecule has 0 aromatic heterocycles. The summed E-state index contributed by atoms with van der Waals surface area (Å²) >= 11 is 0. The Kier molecular flexibility index (Phi) is 7.83. The fourth-order valence-electron chi connectivity index (χ4n) is 2.95. The van der Waals surface area contributed by atoms with Crippen LogP contribution in [0.15, 0.2) is 24.3 Å². The number of carbonyl (C=O) groups excluding carboxylic acids is 2. The lowest BCUT2D eigenvalue weighted by molar-refractivity contribution is -0.156. The summed E-state index contributed by atoms with van der Waals surface area (Å²) in [5.74, 6) is -0.674. The Labute approximate surface area is 168 Å². The highest BCUT2D eigenvalue weighted by Gasteiger charge is 2.25. The maximum atomic E-state index is 12.2. The molecule has 1 aliphatic heterocycles. The SMILES string of the molecule is CN(C)c1ccc(C(CNC(=O)COC(=O)C(C)(C)C)N2CCOCC2)cc1. The monoisotopic (exact) mass is 391 g/mol. The number of nitrogens with one attached hydrogen (secondary N) is 1. The van der Waals surface area contributed by atoms with E-state index in [2.05, 4.69) is 39.4 Å². The molecule has 1 fully saturated rings. The van der Waals surface area contributed by atoms with Gasteiger partial charge in [0.15, 0.2) is 6.61 Å². The van der Waals surface area contributed by atoms with Crippen LogP contribution in [0.3, 0.4) is 0 Å². The van der Waals surface area contributed by atoms with Crippen LogP contribution in [0.4, 0.5) is 5.69 Å². The molecule has 1 atom stereocenters. The first-order valence-electron chi connectivity index (χ1n) is 9.71. The van der Waals surface area contributed by atoms with E-state index in [0.29, 0.717) is 19.8 Å². The van der Waals surface area contributed by atoms with Crippen molar-refractivity contribution in [3.63, 3.8) is 0 Å². The van der Waals surface area contributed by atoms with Gasteiger partial charge in [0.25, 0.3) is 5.91 Å². The van der Waals surface area contributed by atoms with Crippen molar-refractivity contribution >= 4 is 17.6 Å². The Balaban J connectivity index is 1.99. The molecule has 156 valence electrons. The molecule has 0 spiro atoms. The molecule has 2 rings (SSSR count). The van der Waals surface area contributed by atoms with Gasteiger partial charge >= 0.3 is 5.97 Å². The molecule has 7 heteroatoms. The smallest absolute Gasteiger partial charge is 0.311 e. The molecule has 1 aromatic rings. The van der Waals surface area contributed by atoms with Gasteiger partial charge in [0.05, 0.1) is 24.7 Å². The zero-order valence-corrected chi connectivity index (χ0v) is 17.7. The molecule has 0 bridgehead atoms. The van der Waals surface area contributed by atoms with E-state index in [-0.39, 0.29) is 24.5 Å². The minimum atomic E-state index is -0.620. The number of anilines is 1. The van der Waals surface area contributed by atoms with E-state index in [4.69, 9.17) is 9.47 Å². The zero-order valence-electron chi connectivity index (χ0n) is 17.7. The molecule has 0 saturated carbocycles. The summed E-state index contributed by atoms with van der Waals surface area (Å²) in [7, 11) is 4.02. The van der Waals surface area contributed by atoms with Crippen molar-refractivity contribution in [2.75, 3.05) is 58.5 Å². The number of hydrogen-bond donors (Lipinski definition) is 1. The molecule has 1 heterocycles. The number of carbonyl (C=O) groups is 2. The van der Waals surface area contributed by atoms with Gasteiger partial charge in [0.2, 0.25) is 0 Å². The number of amides is 1. The molecule has 1 aromatic carbocycles. The summed E-state index contributed by atoms with van der Waals surface area (Å²) in [6, 6.07) is 8.40. The van der Waals surface area contributed by atoms with Crippen molar-refractivity contribution in [3.05, 3.63) is 29.8 Å². The molecule has 1 unspecified atom stereocenters. The van der Waals surface area contributed by atoms with Crippen LogP contribution in [0.5, 0.6) is 0 Å². The third kappa shape index (κ3) is 6.49. The van der Waals surface area contributed by atoms with E-state index in [0.717, 1.165) is 24.3 Å². The van der Waals surface area contributed by atoms with Gasteiger partial charge < -0.3 is 19.7 Å². The first-order valence-corrected chi connectivity index (χ1v) is 9.71. The normalized spacial score (nSPS) is 16.3. The van der Waals surface area contributed by atoms with Gasteiger partial charge in [-0.2, -0.15) is 0 Å². The topological polar surface area (TPSA) is 71.1 Å². The van der Waals surface area contributed by atoms with Gasteiger partial charge in [-0.25, -0.2) is 0 Å². The number of nitrogens with zero attached hydrogens (tertiary/aromatic N) is 2. The largest absolute Gasteiger partial charge is 0.455 e. The second-order valence-electron chi connectivity index (χ2n) is 8.28. The van der Waals surface area contributed by atoms with Gasteiger partial charge in [0.1, 0.15) is 0 Å². The fraction of sp³-hybridized carbons (Fsp3) is 0.619. The first-order chi connectivity index (χ1) is 13.2. The molecule has 0 aliphatic carbocycles. The highest BCUT2D eigenvalue weighted by Crippen LogP contribution is 2.24.